The van der Waals surface area contributed by atoms with E-state index in [2.05, 4.69) is 187 Å². The summed E-state index contributed by atoms with van der Waals surface area (Å²) in [5, 5.41) is 5.08. The van der Waals surface area contributed by atoms with Gasteiger partial charge in [0.25, 0.3) is 0 Å². The fourth-order valence-electron chi connectivity index (χ4n) is 8.48. The van der Waals surface area contributed by atoms with E-state index in [-0.39, 0.29) is 0 Å². The van der Waals surface area contributed by atoms with Crippen LogP contribution in [0.25, 0.3) is 119 Å². The van der Waals surface area contributed by atoms with Gasteiger partial charge in [0.1, 0.15) is 0 Å². The third kappa shape index (κ3) is 6.63. The number of rotatable bonds is 7. The molecule has 0 aliphatic carbocycles. The molecule has 0 amide bonds. The molecule has 0 bridgehead atoms. The van der Waals surface area contributed by atoms with Gasteiger partial charge in [0, 0.05) is 75.0 Å². The molecule has 0 aliphatic rings. The van der Waals surface area contributed by atoms with Crippen LogP contribution in [0.5, 0.6) is 0 Å². The lowest BCUT2D eigenvalue weighted by atomic mass is 9.94. The van der Waals surface area contributed by atoms with Crippen molar-refractivity contribution in [3.05, 3.63) is 207 Å². The van der Waals surface area contributed by atoms with Crippen molar-refractivity contribution in [1.29, 1.82) is 0 Å². The molecule has 0 spiro atoms. The molecule has 0 fully saturated rings. The molecule has 0 radical (unpaired) electrons. The minimum atomic E-state index is 0.604. The van der Waals surface area contributed by atoms with Crippen LogP contribution in [0.1, 0.15) is 0 Å². The summed E-state index contributed by atoms with van der Waals surface area (Å²) < 4.78 is 5.14. The van der Waals surface area contributed by atoms with Crippen molar-refractivity contribution in [1.82, 2.24) is 19.9 Å². The van der Waals surface area contributed by atoms with E-state index >= 15 is 0 Å². The lowest BCUT2D eigenvalue weighted by molar-refractivity contribution is 1.07. The van der Waals surface area contributed by atoms with Crippen LogP contribution in [0.4, 0.5) is 0 Å². The van der Waals surface area contributed by atoms with Crippen LogP contribution in [-0.2, 0) is 0 Å². The van der Waals surface area contributed by atoms with Gasteiger partial charge in [-0.15, -0.1) is 22.7 Å². The summed E-state index contributed by atoms with van der Waals surface area (Å²) in [6, 6.07) is 69.2. The zero-order valence-electron chi connectivity index (χ0n) is 33.2. The van der Waals surface area contributed by atoms with Gasteiger partial charge in [0.15, 0.2) is 17.5 Å². The summed E-state index contributed by atoms with van der Waals surface area (Å²) in [5.41, 5.74) is 11.6. The zero-order valence-corrected chi connectivity index (χ0v) is 34.9. The summed E-state index contributed by atoms with van der Waals surface area (Å²) in [7, 11) is 0. The Morgan fingerprint density at radius 3 is 1.32 bits per heavy atom. The number of hydrogen-bond acceptors (Lipinski definition) is 6. The first-order valence-electron chi connectivity index (χ1n) is 20.6. The normalized spacial score (nSPS) is 11.5. The maximum Gasteiger partial charge on any atom is 0.164 e. The Kier molecular flexibility index (Phi) is 8.84. The Morgan fingerprint density at radius 2 is 0.694 bits per heavy atom. The molecule has 6 heteroatoms. The van der Waals surface area contributed by atoms with Gasteiger partial charge in [-0.3, -0.25) is 4.98 Å². The highest BCUT2D eigenvalue weighted by atomic mass is 32.1. The number of aromatic nitrogens is 4. The van der Waals surface area contributed by atoms with Gasteiger partial charge in [-0.05, 0) is 106 Å². The molecule has 0 atom stereocenters. The fraction of sp³-hybridized carbons (Fsp3) is 0. The maximum atomic E-state index is 5.30. The molecule has 12 rings (SSSR count). The van der Waals surface area contributed by atoms with Crippen molar-refractivity contribution >= 4 is 63.0 Å². The lowest BCUT2D eigenvalue weighted by Gasteiger charge is -2.13. The predicted octanol–water partition coefficient (Wildman–Crippen LogP) is 15.7. The summed E-state index contributed by atoms with van der Waals surface area (Å²) in [5.74, 6) is 1.82. The number of pyridine rings is 1. The first-order chi connectivity index (χ1) is 30.7. The van der Waals surface area contributed by atoms with Gasteiger partial charge < -0.3 is 0 Å². The van der Waals surface area contributed by atoms with E-state index in [9.17, 15) is 0 Å². The Balaban J connectivity index is 1.07. The Hall–Kier alpha value is -7.64. The van der Waals surface area contributed by atoms with Crippen molar-refractivity contribution in [3.63, 3.8) is 0 Å². The predicted molar refractivity (Wildman–Crippen MR) is 261 cm³/mol. The van der Waals surface area contributed by atoms with Crippen molar-refractivity contribution in [2.75, 3.05) is 0 Å². The average Bonchev–Trinajstić information content (AvgIpc) is 3.92. The quantitative estimate of drug-likeness (QED) is 0.161. The van der Waals surface area contributed by atoms with Crippen LogP contribution >= 0.6 is 22.7 Å². The first-order valence-corrected chi connectivity index (χ1v) is 22.2. The molecule has 4 heterocycles. The Bertz CT molecular complexity index is 3500. The molecule has 12 aromatic rings. The van der Waals surface area contributed by atoms with Gasteiger partial charge in [-0.2, -0.15) is 0 Å². The van der Waals surface area contributed by atoms with Crippen molar-refractivity contribution in [2.24, 2.45) is 0 Å². The number of nitrogens with zero attached hydrogens (tertiary/aromatic N) is 4. The van der Waals surface area contributed by atoms with Gasteiger partial charge >= 0.3 is 0 Å². The van der Waals surface area contributed by atoms with Crippen molar-refractivity contribution in [3.8, 4) is 78.7 Å². The van der Waals surface area contributed by atoms with E-state index in [0.29, 0.717) is 17.5 Å². The highest BCUT2D eigenvalue weighted by molar-refractivity contribution is 7.26. The van der Waals surface area contributed by atoms with Gasteiger partial charge in [0.05, 0.1) is 0 Å². The summed E-state index contributed by atoms with van der Waals surface area (Å²) in [6.45, 7) is 0. The second-order valence-electron chi connectivity index (χ2n) is 15.5. The van der Waals surface area contributed by atoms with E-state index in [1.54, 1.807) is 6.20 Å². The average molecular weight is 827 g/mol. The Morgan fingerprint density at radius 1 is 0.258 bits per heavy atom. The number of benzene rings is 8. The second-order valence-corrected chi connectivity index (χ2v) is 17.7. The monoisotopic (exact) mass is 826 g/mol. The molecule has 0 N–H and O–H groups in total. The lowest BCUT2D eigenvalue weighted by Crippen LogP contribution is -2.01. The topological polar surface area (TPSA) is 51.6 Å². The van der Waals surface area contributed by atoms with Crippen molar-refractivity contribution in [2.45, 2.75) is 0 Å². The van der Waals surface area contributed by atoms with Gasteiger partial charge in [-0.1, -0.05) is 127 Å². The smallest absolute Gasteiger partial charge is 0.164 e. The van der Waals surface area contributed by atoms with E-state index in [4.69, 9.17) is 15.0 Å². The van der Waals surface area contributed by atoms with E-state index in [1.165, 1.54) is 40.3 Å². The standard InChI is InChI=1S/C56H34N4S2/c1-2-10-35(11-3-1)36-19-21-37(22-20-36)54-58-55(41-13-8-12-38(28-41)42-14-9-27-57-34-42)60-56(59-54)45-30-43(39-23-25-52-48(32-39)46-15-4-6-17-50(46)61-52)29-44(31-45)40-24-26-53-49(33-40)47-16-5-7-18-51(47)62-53/h1-34H. The third-order valence-electron chi connectivity index (χ3n) is 11.6. The molecular weight excluding hydrogens is 793 g/mol. The SMILES string of the molecule is c1ccc(-c2ccc(-c3nc(-c4cccc(-c5cccnc5)c4)nc(-c4cc(-c5ccc6sc7ccccc7c6c5)cc(-c5ccc6sc7ccccc7c6c5)c4)n3)cc2)cc1. The highest BCUT2D eigenvalue weighted by Crippen LogP contribution is 2.41. The number of fused-ring (bicyclic) bond motifs is 6. The van der Waals surface area contributed by atoms with Crippen LogP contribution in [0.2, 0.25) is 0 Å². The largest absolute Gasteiger partial charge is 0.264 e. The molecule has 0 unspecified atom stereocenters. The fourth-order valence-corrected chi connectivity index (χ4v) is 10.7. The maximum absolute atomic E-state index is 5.30. The molecule has 290 valence electrons. The van der Waals surface area contributed by atoms with Crippen LogP contribution in [0, 0.1) is 0 Å². The summed E-state index contributed by atoms with van der Waals surface area (Å²) >= 11 is 3.67. The number of thiophene rings is 2. The molecule has 8 aromatic carbocycles. The third-order valence-corrected chi connectivity index (χ3v) is 13.9. The molecule has 0 saturated carbocycles. The van der Waals surface area contributed by atoms with Crippen molar-refractivity contribution < 1.29 is 0 Å². The van der Waals surface area contributed by atoms with E-state index in [1.807, 2.05) is 41.0 Å². The molecule has 62 heavy (non-hydrogen) atoms. The van der Waals surface area contributed by atoms with Gasteiger partial charge in [0.2, 0.25) is 0 Å². The molecular formula is C56H34N4S2. The van der Waals surface area contributed by atoms with Crippen LogP contribution < -0.4 is 0 Å². The minimum Gasteiger partial charge on any atom is -0.264 e. The zero-order chi connectivity index (χ0) is 41.0. The van der Waals surface area contributed by atoms with E-state index in [0.717, 1.165) is 61.2 Å². The molecule has 4 aromatic heterocycles. The van der Waals surface area contributed by atoms with Crippen LogP contribution in [-0.4, -0.2) is 19.9 Å². The second kappa shape index (κ2) is 15.1. The van der Waals surface area contributed by atoms with E-state index < -0.39 is 0 Å². The van der Waals surface area contributed by atoms with Crippen LogP contribution in [0.15, 0.2) is 207 Å². The molecule has 4 nitrogen and oxygen atoms in total. The first kappa shape index (κ1) is 36.2. The summed E-state index contributed by atoms with van der Waals surface area (Å²) in [4.78, 5) is 20.1. The number of hydrogen-bond donors (Lipinski definition) is 0. The molecule has 0 saturated heterocycles. The Labute approximate surface area is 366 Å². The minimum absolute atomic E-state index is 0.604. The molecule has 0 aliphatic heterocycles. The van der Waals surface area contributed by atoms with Crippen LogP contribution in [0.3, 0.4) is 0 Å². The summed E-state index contributed by atoms with van der Waals surface area (Å²) in [6.07, 6.45) is 3.68. The van der Waals surface area contributed by atoms with Gasteiger partial charge in [-0.25, -0.2) is 15.0 Å². The highest BCUT2D eigenvalue weighted by Gasteiger charge is 2.17.